The van der Waals surface area contributed by atoms with Crippen molar-refractivity contribution in [2.45, 2.75) is 6.42 Å². The summed E-state index contributed by atoms with van der Waals surface area (Å²) in [6, 6.07) is 13.0. The van der Waals surface area contributed by atoms with Gasteiger partial charge in [-0.2, -0.15) is 0 Å². The van der Waals surface area contributed by atoms with Gasteiger partial charge in [-0.05, 0) is 48.4 Å². The Labute approximate surface area is 157 Å². The average molecular weight is 371 g/mol. The van der Waals surface area contributed by atoms with Crippen molar-refractivity contribution in [2.24, 2.45) is 0 Å². The smallest absolute Gasteiger partial charge is 0.312 e. The van der Waals surface area contributed by atoms with Crippen LogP contribution >= 0.6 is 0 Å². The number of nitrogens with one attached hydrogen (secondary N) is 1. The zero-order valence-electron chi connectivity index (χ0n) is 14.9. The largest absolute Gasteiger partial charge is 0.508 e. The zero-order valence-corrected chi connectivity index (χ0v) is 14.9. The van der Waals surface area contributed by atoms with Gasteiger partial charge in [-0.25, -0.2) is 4.39 Å². The molecular weight excluding hydrogens is 349 g/mol. The molecular formula is C20H22FN3O3. The molecule has 0 aliphatic carbocycles. The van der Waals surface area contributed by atoms with Crippen molar-refractivity contribution in [3.05, 3.63) is 59.9 Å². The number of hydrogen-bond donors (Lipinski definition) is 2. The van der Waals surface area contributed by atoms with E-state index in [1.54, 1.807) is 36.4 Å². The topological polar surface area (TPSA) is 72.9 Å². The van der Waals surface area contributed by atoms with E-state index in [-0.39, 0.29) is 11.6 Å². The van der Waals surface area contributed by atoms with Gasteiger partial charge in [-0.15, -0.1) is 0 Å². The average Bonchev–Trinajstić information content (AvgIpc) is 2.69. The Morgan fingerprint density at radius 3 is 2.22 bits per heavy atom. The van der Waals surface area contributed by atoms with Crippen molar-refractivity contribution in [3.63, 3.8) is 0 Å². The lowest BCUT2D eigenvalue weighted by Gasteiger charge is -2.35. The van der Waals surface area contributed by atoms with Gasteiger partial charge < -0.3 is 20.2 Å². The van der Waals surface area contributed by atoms with E-state index in [0.717, 1.165) is 11.3 Å². The number of piperazine rings is 1. The molecule has 27 heavy (non-hydrogen) atoms. The monoisotopic (exact) mass is 371 g/mol. The molecule has 1 aliphatic rings. The molecule has 0 spiro atoms. The van der Waals surface area contributed by atoms with Crippen molar-refractivity contribution in [1.82, 2.24) is 10.2 Å². The number of aromatic hydroxyl groups is 1. The molecule has 2 aromatic carbocycles. The number of benzene rings is 2. The van der Waals surface area contributed by atoms with Gasteiger partial charge in [0.05, 0.1) is 0 Å². The van der Waals surface area contributed by atoms with Crippen LogP contribution in [0.5, 0.6) is 5.75 Å². The summed E-state index contributed by atoms with van der Waals surface area (Å²) in [5, 5.41) is 11.9. The minimum Gasteiger partial charge on any atom is -0.508 e. The third kappa shape index (κ3) is 4.97. The maximum absolute atomic E-state index is 13.0. The number of carbonyl (C=O) groups is 2. The highest BCUT2D eigenvalue weighted by molar-refractivity contribution is 6.35. The Balaban J connectivity index is 1.43. The number of amides is 2. The van der Waals surface area contributed by atoms with E-state index in [1.165, 1.54) is 17.0 Å². The minimum absolute atomic E-state index is 0.192. The molecule has 1 fully saturated rings. The molecule has 0 saturated carbocycles. The summed E-state index contributed by atoms with van der Waals surface area (Å²) < 4.78 is 13.0. The van der Waals surface area contributed by atoms with Gasteiger partial charge in [0.2, 0.25) is 0 Å². The third-order valence-electron chi connectivity index (χ3n) is 4.59. The lowest BCUT2D eigenvalue weighted by Crippen LogP contribution is -2.52. The predicted octanol–water partition coefficient (Wildman–Crippen LogP) is 1.54. The summed E-state index contributed by atoms with van der Waals surface area (Å²) in [6.07, 6.45) is 0.581. The summed E-state index contributed by atoms with van der Waals surface area (Å²) in [7, 11) is 0. The quantitative estimate of drug-likeness (QED) is 0.800. The van der Waals surface area contributed by atoms with Crippen LogP contribution in [-0.2, 0) is 16.0 Å². The maximum Gasteiger partial charge on any atom is 0.312 e. The van der Waals surface area contributed by atoms with Gasteiger partial charge >= 0.3 is 11.8 Å². The molecule has 0 unspecified atom stereocenters. The first-order valence-electron chi connectivity index (χ1n) is 8.88. The Morgan fingerprint density at radius 1 is 0.963 bits per heavy atom. The molecule has 1 aliphatic heterocycles. The molecule has 142 valence electrons. The molecule has 2 amide bonds. The van der Waals surface area contributed by atoms with Crippen LogP contribution in [0.1, 0.15) is 5.56 Å². The molecule has 2 N–H and O–H groups in total. The molecule has 3 rings (SSSR count). The van der Waals surface area contributed by atoms with Gasteiger partial charge in [0, 0.05) is 38.4 Å². The zero-order chi connectivity index (χ0) is 19.2. The molecule has 0 bridgehead atoms. The molecule has 2 aromatic rings. The number of halogens is 1. The molecule has 6 nitrogen and oxygen atoms in total. The number of carbonyl (C=O) groups excluding carboxylic acids is 2. The molecule has 0 aromatic heterocycles. The van der Waals surface area contributed by atoms with E-state index in [4.69, 9.17) is 0 Å². The highest BCUT2D eigenvalue weighted by atomic mass is 19.1. The van der Waals surface area contributed by atoms with Crippen molar-refractivity contribution in [1.29, 1.82) is 0 Å². The second kappa shape index (κ2) is 8.53. The van der Waals surface area contributed by atoms with Crippen LogP contribution in [0.4, 0.5) is 10.1 Å². The highest BCUT2D eigenvalue weighted by Gasteiger charge is 2.25. The Bertz CT molecular complexity index is 785. The lowest BCUT2D eigenvalue weighted by atomic mass is 10.1. The number of anilines is 1. The van der Waals surface area contributed by atoms with Gasteiger partial charge in [0.1, 0.15) is 11.6 Å². The maximum atomic E-state index is 13.0. The number of nitrogens with zero attached hydrogens (tertiary/aromatic N) is 2. The van der Waals surface area contributed by atoms with E-state index in [9.17, 15) is 19.1 Å². The second-order valence-electron chi connectivity index (χ2n) is 6.43. The minimum atomic E-state index is -0.607. The van der Waals surface area contributed by atoms with Crippen molar-refractivity contribution >= 4 is 17.5 Å². The van der Waals surface area contributed by atoms with Crippen LogP contribution < -0.4 is 10.2 Å². The highest BCUT2D eigenvalue weighted by Crippen LogP contribution is 2.17. The number of phenolic OH excluding ortho intramolecular Hbond substituents is 1. The van der Waals surface area contributed by atoms with Crippen LogP contribution in [0.3, 0.4) is 0 Å². The second-order valence-corrected chi connectivity index (χ2v) is 6.43. The Morgan fingerprint density at radius 2 is 1.59 bits per heavy atom. The van der Waals surface area contributed by atoms with Gasteiger partial charge in [0.15, 0.2) is 0 Å². The number of hydrogen-bond acceptors (Lipinski definition) is 4. The molecule has 7 heteroatoms. The molecule has 0 atom stereocenters. The summed E-state index contributed by atoms with van der Waals surface area (Å²) in [5.41, 5.74) is 1.87. The van der Waals surface area contributed by atoms with E-state index >= 15 is 0 Å². The number of phenols is 1. The summed E-state index contributed by atoms with van der Waals surface area (Å²) in [6.45, 7) is 2.43. The molecule has 1 saturated heterocycles. The van der Waals surface area contributed by atoms with E-state index in [1.807, 2.05) is 0 Å². The first kappa shape index (κ1) is 18.7. The van der Waals surface area contributed by atoms with E-state index < -0.39 is 11.8 Å². The van der Waals surface area contributed by atoms with Crippen molar-refractivity contribution in [3.8, 4) is 5.75 Å². The lowest BCUT2D eigenvalue weighted by molar-refractivity contribution is -0.146. The fraction of sp³-hybridized carbons (Fsp3) is 0.300. The molecule has 1 heterocycles. The standard InChI is InChI=1S/C20H22FN3O3/c21-16-3-5-17(6-4-16)23-11-13-24(14-12-23)20(27)19(26)22-10-9-15-1-7-18(25)8-2-15/h1-8,25H,9-14H2,(H,22,26). The first-order valence-corrected chi connectivity index (χ1v) is 8.88. The fourth-order valence-electron chi connectivity index (χ4n) is 3.02. The normalized spacial score (nSPS) is 14.1. The fourth-order valence-corrected chi connectivity index (χ4v) is 3.02. The summed E-state index contributed by atoms with van der Waals surface area (Å²) >= 11 is 0. The van der Waals surface area contributed by atoms with Crippen molar-refractivity contribution < 1.29 is 19.1 Å². The van der Waals surface area contributed by atoms with Crippen LogP contribution in [0.2, 0.25) is 0 Å². The first-order chi connectivity index (χ1) is 13.0. The SMILES string of the molecule is O=C(NCCc1ccc(O)cc1)C(=O)N1CCN(c2ccc(F)cc2)CC1. The van der Waals surface area contributed by atoms with Gasteiger partial charge in [-0.3, -0.25) is 9.59 Å². The van der Waals surface area contributed by atoms with E-state index in [2.05, 4.69) is 10.2 Å². The van der Waals surface area contributed by atoms with Crippen LogP contribution in [-0.4, -0.2) is 54.5 Å². The number of rotatable bonds is 4. The Kier molecular flexibility index (Phi) is 5.90. The van der Waals surface area contributed by atoms with E-state index in [0.29, 0.717) is 39.1 Å². The van der Waals surface area contributed by atoms with Crippen LogP contribution in [0.25, 0.3) is 0 Å². The molecule has 0 radical (unpaired) electrons. The van der Waals surface area contributed by atoms with Crippen LogP contribution in [0, 0.1) is 5.82 Å². The van der Waals surface area contributed by atoms with Gasteiger partial charge in [0.25, 0.3) is 0 Å². The summed E-state index contributed by atoms with van der Waals surface area (Å²) in [4.78, 5) is 28.0. The third-order valence-corrected chi connectivity index (χ3v) is 4.59. The van der Waals surface area contributed by atoms with Crippen molar-refractivity contribution in [2.75, 3.05) is 37.6 Å². The van der Waals surface area contributed by atoms with Gasteiger partial charge in [-0.1, -0.05) is 12.1 Å². The summed E-state index contributed by atoms with van der Waals surface area (Å²) in [5.74, 6) is -1.22. The van der Waals surface area contributed by atoms with Crippen LogP contribution in [0.15, 0.2) is 48.5 Å². The Hall–Kier alpha value is -3.09. The predicted molar refractivity (Wildman–Crippen MR) is 100 cm³/mol.